The van der Waals surface area contributed by atoms with E-state index >= 15 is 0 Å². The zero-order valence-corrected chi connectivity index (χ0v) is 25.1. The van der Waals surface area contributed by atoms with Gasteiger partial charge in [0.1, 0.15) is 11.5 Å². The summed E-state index contributed by atoms with van der Waals surface area (Å²) >= 11 is 0. The first-order valence-electron chi connectivity index (χ1n) is 14.3. The second-order valence-electron chi connectivity index (χ2n) is 11.4. The average Bonchev–Trinajstić information content (AvgIpc) is 3.56. The highest BCUT2D eigenvalue weighted by atomic mass is 19.1. The van der Waals surface area contributed by atoms with Gasteiger partial charge in [-0.2, -0.15) is 5.10 Å². The van der Waals surface area contributed by atoms with Crippen LogP contribution in [0.4, 0.5) is 4.39 Å². The number of benzene rings is 2. The van der Waals surface area contributed by atoms with Crippen molar-refractivity contribution in [2.45, 2.75) is 26.3 Å². The summed E-state index contributed by atoms with van der Waals surface area (Å²) in [6.07, 6.45) is 9.61. The smallest absolute Gasteiger partial charge is 0.124 e. The van der Waals surface area contributed by atoms with Gasteiger partial charge in [-0.25, -0.2) is 4.39 Å². The molecule has 3 heterocycles. The van der Waals surface area contributed by atoms with Gasteiger partial charge in [-0.1, -0.05) is 30.9 Å². The molecule has 0 saturated heterocycles. The third-order valence-corrected chi connectivity index (χ3v) is 7.36. The number of H-pyrrole nitrogens is 2. The zero-order chi connectivity index (χ0) is 29.8. The van der Waals surface area contributed by atoms with Crippen LogP contribution in [0.2, 0.25) is 0 Å². The number of pyridine rings is 1. The lowest BCUT2D eigenvalue weighted by molar-refractivity contribution is 0.400. The van der Waals surface area contributed by atoms with E-state index in [1.807, 2.05) is 51.6 Å². The van der Waals surface area contributed by atoms with Crippen LogP contribution in [0, 0.1) is 5.82 Å². The number of nitrogens with zero attached hydrogens (tertiary/aromatic N) is 4. The minimum atomic E-state index is -0.213. The number of hydrogen-bond donors (Lipinski definition) is 2. The fourth-order valence-corrected chi connectivity index (χ4v) is 5.39. The normalized spacial score (nSPS) is 12.8. The number of halogens is 1. The van der Waals surface area contributed by atoms with Crippen LogP contribution in [0.3, 0.4) is 0 Å². The van der Waals surface area contributed by atoms with Gasteiger partial charge >= 0.3 is 0 Å². The van der Waals surface area contributed by atoms with Crippen molar-refractivity contribution < 1.29 is 4.39 Å². The molecular weight excluding hydrogens is 523 g/mol. The monoisotopic (exact) mass is 562 g/mol. The summed E-state index contributed by atoms with van der Waals surface area (Å²) in [5.41, 5.74) is 8.47. The van der Waals surface area contributed by atoms with Crippen LogP contribution in [0.5, 0.6) is 0 Å². The Hall–Kier alpha value is -4.33. The molecule has 0 aliphatic rings. The largest absolute Gasteiger partial charge is 0.353 e. The Morgan fingerprint density at radius 3 is 2.60 bits per heavy atom. The first-order chi connectivity index (χ1) is 20.2. The summed E-state index contributed by atoms with van der Waals surface area (Å²) in [6, 6.07) is 15.7. The third-order valence-electron chi connectivity index (χ3n) is 7.36. The highest BCUT2D eigenvalue weighted by Crippen LogP contribution is 2.32. The molecule has 0 unspecified atom stereocenters. The molecule has 0 amide bonds. The van der Waals surface area contributed by atoms with Gasteiger partial charge in [-0.15, -0.1) is 0 Å². The number of nitrogens with one attached hydrogen (secondary N) is 2. The molecular formula is C35H39FN6. The molecule has 216 valence electrons. The Morgan fingerprint density at radius 2 is 1.83 bits per heavy atom. The molecule has 6 nitrogen and oxygen atoms in total. The number of fused-ring (bicyclic) bond motifs is 1. The Balaban J connectivity index is 1.54. The molecule has 42 heavy (non-hydrogen) atoms. The summed E-state index contributed by atoms with van der Waals surface area (Å²) in [6.45, 7) is 8.12. The van der Waals surface area contributed by atoms with Crippen molar-refractivity contribution >= 4 is 28.6 Å². The molecule has 0 aliphatic heterocycles. The fourth-order valence-electron chi connectivity index (χ4n) is 5.39. The molecule has 0 atom stereocenters. The molecule has 0 saturated carbocycles. The van der Waals surface area contributed by atoms with Crippen molar-refractivity contribution in [2.24, 2.45) is 0 Å². The van der Waals surface area contributed by atoms with E-state index in [0.29, 0.717) is 0 Å². The second kappa shape index (κ2) is 12.7. The van der Waals surface area contributed by atoms with Crippen molar-refractivity contribution in [1.29, 1.82) is 0 Å². The van der Waals surface area contributed by atoms with Gasteiger partial charge in [0, 0.05) is 35.1 Å². The number of rotatable bonds is 10. The van der Waals surface area contributed by atoms with Crippen LogP contribution in [-0.4, -0.2) is 64.7 Å². The van der Waals surface area contributed by atoms with Crippen molar-refractivity contribution in [3.63, 3.8) is 0 Å². The maximum atomic E-state index is 14.8. The van der Waals surface area contributed by atoms with Crippen molar-refractivity contribution in [2.75, 3.05) is 34.7 Å². The summed E-state index contributed by atoms with van der Waals surface area (Å²) in [4.78, 5) is 12.3. The Bertz CT molecular complexity index is 1840. The molecule has 0 radical (unpaired) electrons. The van der Waals surface area contributed by atoms with Crippen molar-refractivity contribution in [3.05, 3.63) is 101 Å². The molecule has 7 heteroatoms. The minimum absolute atomic E-state index is 0.213. The second-order valence-corrected chi connectivity index (χ2v) is 11.4. The predicted octanol–water partition coefficient (Wildman–Crippen LogP) is 5.61. The van der Waals surface area contributed by atoms with E-state index in [1.54, 1.807) is 12.1 Å². The van der Waals surface area contributed by atoms with Crippen LogP contribution in [0.15, 0.2) is 67.5 Å². The van der Waals surface area contributed by atoms with E-state index in [2.05, 4.69) is 81.0 Å². The van der Waals surface area contributed by atoms with Gasteiger partial charge < -0.3 is 14.8 Å². The standard InChI is InChI=1S/C35H39FN6/c1-7-32-31(14-23(2)27-16-25(20-37-21-27)22-42(5)6)35(40-39-32)34-19-30-29(11-8-12-33(30)38-34)26-15-24(17-28(36)18-26)10-9-13-41(3)4/h7-8,11-12,14-21,38-39H,2,9-10,13,22H2,1,3-6H3/b31-14+,32-7+. The lowest BCUT2D eigenvalue weighted by atomic mass is 9.98. The zero-order valence-electron chi connectivity index (χ0n) is 25.1. The first-order valence-corrected chi connectivity index (χ1v) is 14.3. The van der Waals surface area contributed by atoms with E-state index in [0.717, 1.165) is 92.2 Å². The van der Waals surface area contributed by atoms with Gasteiger partial charge in [-0.3, -0.25) is 10.1 Å². The maximum Gasteiger partial charge on any atom is 0.124 e. The number of aromatic amines is 2. The van der Waals surface area contributed by atoms with Gasteiger partial charge in [0.2, 0.25) is 0 Å². The van der Waals surface area contributed by atoms with E-state index < -0.39 is 0 Å². The molecule has 0 spiro atoms. The van der Waals surface area contributed by atoms with Crippen molar-refractivity contribution in [1.82, 2.24) is 30.0 Å². The first kappa shape index (κ1) is 29.2. The maximum absolute atomic E-state index is 14.8. The van der Waals surface area contributed by atoms with Crippen LogP contribution >= 0.6 is 0 Å². The number of aromatic nitrogens is 4. The molecule has 5 rings (SSSR count). The number of hydrogen-bond acceptors (Lipinski definition) is 4. The van der Waals surface area contributed by atoms with E-state index in [-0.39, 0.29) is 5.82 Å². The Morgan fingerprint density at radius 1 is 1.00 bits per heavy atom. The number of aryl methyl sites for hydroxylation is 1. The molecule has 2 N–H and O–H groups in total. The summed E-state index contributed by atoms with van der Waals surface area (Å²) in [5.74, 6) is -0.213. The summed E-state index contributed by atoms with van der Waals surface area (Å²) in [7, 11) is 8.20. The summed E-state index contributed by atoms with van der Waals surface area (Å²) < 4.78 is 14.8. The van der Waals surface area contributed by atoms with E-state index in [4.69, 9.17) is 0 Å². The quantitative estimate of drug-likeness (QED) is 0.232. The van der Waals surface area contributed by atoms with Gasteiger partial charge in [-0.05, 0) is 124 Å². The van der Waals surface area contributed by atoms with Gasteiger partial charge in [0.15, 0.2) is 0 Å². The SMILES string of the molecule is C=C(/C=c1/c(-c2cc3c(-c4cc(F)cc(CCCN(C)C)c4)cccc3[nH]2)n[nH]/c1=C/C)c1cncc(CN(C)C)c1. The number of allylic oxidation sites excluding steroid dienone is 1. The van der Waals surface area contributed by atoms with E-state index in [9.17, 15) is 4.39 Å². The Labute approximate surface area is 246 Å². The minimum Gasteiger partial charge on any atom is -0.353 e. The van der Waals surface area contributed by atoms with E-state index in [1.165, 1.54) is 0 Å². The van der Waals surface area contributed by atoms with Crippen LogP contribution in [0.25, 0.3) is 51.1 Å². The van der Waals surface area contributed by atoms with Crippen LogP contribution in [-0.2, 0) is 13.0 Å². The molecule has 5 aromatic rings. The molecule has 3 aromatic heterocycles. The van der Waals surface area contributed by atoms with Crippen LogP contribution < -0.4 is 10.6 Å². The topological polar surface area (TPSA) is 63.8 Å². The average molecular weight is 563 g/mol. The molecule has 0 aliphatic carbocycles. The lowest BCUT2D eigenvalue weighted by Gasteiger charge is -2.11. The highest BCUT2D eigenvalue weighted by Gasteiger charge is 2.14. The Kier molecular flexibility index (Phi) is 8.80. The highest BCUT2D eigenvalue weighted by molar-refractivity contribution is 5.98. The van der Waals surface area contributed by atoms with Gasteiger partial charge in [0.05, 0.1) is 11.0 Å². The third kappa shape index (κ3) is 6.59. The van der Waals surface area contributed by atoms with Crippen molar-refractivity contribution in [3.8, 4) is 22.5 Å². The molecule has 2 aromatic carbocycles. The molecule has 0 bridgehead atoms. The lowest BCUT2D eigenvalue weighted by Crippen LogP contribution is -2.23. The van der Waals surface area contributed by atoms with Crippen LogP contribution in [0.1, 0.15) is 30.0 Å². The fraction of sp³-hybridized carbons (Fsp3) is 0.257. The summed E-state index contributed by atoms with van der Waals surface area (Å²) in [5, 5.41) is 10.7. The predicted molar refractivity (Wildman–Crippen MR) is 173 cm³/mol. The molecule has 0 fully saturated rings. The van der Waals surface area contributed by atoms with Gasteiger partial charge in [0.25, 0.3) is 0 Å².